The van der Waals surface area contributed by atoms with Gasteiger partial charge in [-0.3, -0.25) is 4.79 Å². The lowest BCUT2D eigenvalue weighted by atomic mass is 9.98. The zero-order valence-electron chi connectivity index (χ0n) is 13.9. The molecule has 0 aliphatic heterocycles. The summed E-state index contributed by atoms with van der Waals surface area (Å²) in [5.41, 5.74) is 1.86. The van der Waals surface area contributed by atoms with Crippen LogP contribution in [-0.4, -0.2) is 22.0 Å². The van der Waals surface area contributed by atoms with Gasteiger partial charge < -0.3 is 10.4 Å². The number of carbonyl (C=O) groups excluding carboxylic acids is 1. The van der Waals surface area contributed by atoms with Gasteiger partial charge in [0, 0.05) is 11.1 Å². The first kappa shape index (κ1) is 17.1. The minimum absolute atomic E-state index is 0.117. The summed E-state index contributed by atoms with van der Waals surface area (Å²) in [6.45, 7) is 9.67. The van der Waals surface area contributed by atoms with Crippen LogP contribution < -0.4 is 5.32 Å². The summed E-state index contributed by atoms with van der Waals surface area (Å²) in [7, 11) is 0. The van der Waals surface area contributed by atoms with Crippen molar-refractivity contribution in [3.8, 4) is 0 Å². The summed E-state index contributed by atoms with van der Waals surface area (Å²) in [5, 5.41) is 12.8. The molecule has 0 aliphatic rings. The molecule has 0 spiro atoms. The molecule has 0 radical (unpaired) electrons. The van der Waals surface area contributed by atoms with Crippen LogP contribution in [0, 0.1) is 13.8 Å². The number of aromatic carboxylic acids is 1. The van der Waals surface area contributed by atoms with E-state index in [0.717, 1.165) is 5.01 Å². The molecule has 0 fully saturated rings. The minimum Gasteiger partial charge on any atom is -0.478 e. The van der Waals surface area contributed by atoms with Crippen molar-refractivity contribution in [1.82, 2.24) is 4.98 Å². The number of carbonyl (C=O) groups is 2. The topological polar surface area (TPSA) is 79.3 Å². The molecule has 6 heteroatoms. The highest BCUT2D eigenvalue weighted by molar-refractivity contribution is 7.14. The zero-order valence-corrected chi connectivity index (χ0v) is 14.7. The van der Waals surface area contributed by atoms with E-state index in [2.05, 4.69) is 10.3 Å². The summed E-state index contributed by atoms with van der Waals surface area (Å²) in [4.78, 5) is 28.6. The highest BCUT2D eigenvalue weighted by atomic mass is 32.1. The van der Waals surface area contributed by atoms with Gasteiger partial charge in [0.05, 0.1) is 16.3 Å². The fourth-order valence-corrected chi connectivity index (χ4v) is 3.07. The number of anilines is 1. The number of aryl methyl sites for hydroxylation is 2. The molecule has 23 heavy (non-hydrogen) atoms. The van der Waals surface area contributed by atoms with Crippen molar-refractivity contribution < 1.29 is 14.7 Å². The highest BCUT2D eigenvalue weighted by Gasteiger charge is 2.23. The average Bonchev–Trinajstić information content (AvgIpc) is 2.82. The van der Waals surface area contributed by atoms with E-state index in [1.165, 1.54) is 17.4 Å². The molecule has 0 saturated carbocycles. The Morgan fingerprint density at radius 3 is 2.39 bits per heavy atom. The van der Waals surface area contributed by atoms with Crippen LogP contribution in [0.2, 0.25) is 0 Å². The number of thiazole rings is 1. The number of amides is 1. The van der Waals surface area contributed by atoms with E-state index in [4.69, 9.17) is 5.11 Å². The number of benzene rings is 1. The number of nitrogens with zero attached hydrogens (tertiary/aromatic N) is 1. The van der Waals surface area contributed by atoms with Gasteiger partial charge in [0.2, 0.25) is 0 Å². The third-order valence-electron chi connectivity index (χ3n) is 3.37. The molecule has 122 valence electrons. The van der Waals surface area contributed by atoms with Gasteiger partial charge >= 0.3 is 5.97 Å². The van der Waals surface area contributed by atoms with E-state index >= 15 is 0 Å². The van der Waals surface area contributed by atoms with Crippen molar-refractivity contribution in [2.75, 3.05) is 5.32 Å². The number of carboxylic acids is 1. The third kappa shape index (κ3) is 3.76. The molecule has 2 aromatic rings. The Balaban J connectivity index is 2.28. The lowest BCUT2D eigenvalue weighted by Gasteiger charge is -2.13. The monoisotopic (exact) mass is 332 g/mol. The minimum atomic E-state index is -1.01. The number of hydrogen-bond donors (Lipinski definition) is 2. The van der Waals surface area contributed by atoms with Crippen molar-refractivity contribution in [3.63, 3.8) is 0 Å². The van der Waals surface area contributed by atoms with Crippen LogP contribution in [0.3, 0.4) is 0 Å². The lowest BCUT2D eigenvalue weighted by Crippen LogP contribution is -2.12. The molecule has 0 saturated heterocycles. The molecular formula is C17H20N2O3S. The molecule has 0 unspecified atom stereocenters. The molecule has 1 aromatic carbocycles. The van der Waals surface area contributed by atoms with Crippen LogP contribution in [0.15, 0.2) is 18.2 Å². The van der Waals surface area contributed by atoms with Crippen LogP contribution >= 0.6 is 11.3 Å². The maximum absolute atomic E-state index is 12.5. The smallest absolute Gasteiger partial charge is 0.336 e. The zero-order chi connectivity index (χ0) is 17.4. The number of rotatable bonds is 3. The predicted molar refractivity (Wildman–Crippen MR) is 91.6 cm³/mol. The maximum atomic E-state index is 12.5. The lowest BCUT2D eigenvalue weighted by molar-refractivity contribution is 0.0695. The van der Waals surface area contributed by atoms with E-state index in [9.17, 15) is 9.59 Å². The standard InChI is InChI=1S/C17H20N2O3S/c1-9-6-7-11(8-12(9)15(21)22)19-14(20)13-10(2)18-16(23-13)17(3,4)5/h6-8H,1-5H3,(H,19,20)(H,21,22). The molecule has 0 aliphatic carbocycles. The molecule has 2 N–H and O–H groups in total. The molecule has 0 bridgehead atoms. The molecular weight excluding hydrogens is 312 g/mol. The second-order valence-corrected chi connectivity index (χ2v) is 7.47. The highest BCUT2D eigenvalue weighted by Crippen LogP contribution is 2.29. The van der Waals surface area contributed by atoms with Gasteiger partial charge in [0.1, 0.15) is 4.88 Å². The van der Waals surface area contributed by atoms with E-state index in [1.807, 2.05) is 20.8 Å². The Bertz CT molecular complexity index is 773. The maximum Gasteiger partial charge on any atom is 0.336 e. The van der Waals surface area contributed by atoms with Gasteiger partial charge in [-0.2, -0.15) is 0 Å². The van der Waals surface area contributed by atoms with Gasteiger partial charge in [-0.15, -0.1) is 11.3 Å². The SMILES string of the molecule is Cc1ccc(NC(=O)c2sc(C(C)(C)C)nc2C)cc1C(=O)O. The normalized spacial score (nSPS) is 11.3. The molecule has 2 rings (SSSR count). The van der Waals surface area contributed by atoms with Crippen LogP contribution in [0.25, 0.3) is 0 Å². The van der Waals surface area contributed by atoms with Crippen LogP contribution in [0.4, 0.5) is 5.69 Å². The summed E-state index contributed by atoms with van der Waals surface area (Å²) in [6, 6.07) is 4.84. The Morgan fingerprint density at radius 2 is 1.87 bits per heavy atom. The Labute approximate surface area is 139 Å². The van der Waals surface area contributed by atoms with Crippen LogP contribution in [-0.2, 0) is 5.41 Å². The Kier molecular flexibility index (Phi) is 4.56. The largest absolute Gasteiger partial charge is 0.478 e. The first-order chi connectivity index (χ1) is 10.6. The Morgan fingerprint density at radius 1 is 1.22 bits per heavy atom. The summed E-state index contributed by atoms with van der Waals surface area (Å²) in [5.74, 6) is -1.28. The quantitative estimate of drug-likeness (QED) is 0.890. The fraction of sp³-hybridized carbons (Fsp3) is 0.353. The number of hydrogen-bond acceptors (Lipinski definition) is 4. The third-order valence-corrected chi connectivity index (χ3v) is 4.95. The summed E-state index contributed by atoms with van der Waals surface area (Å²) in [6.07, 6.45) is 0. The second kappa shape index (κ2) is 6.12. The number of nitrogens with one attached hydrogen (secondary N) is 1. The summed E-state index contributed by atoms with van der Waals surface area (Å²) < 4.78 is 0. The number of carboxylic acid groups (broad SMARTS) is 1. The number of aromatic nitrogens is 1. The van der Waals surface area contributed by atoms with Crippen LogP contribution in [0.5, 0.6) is 0 Å². The van der Waals surface area contributed by atoms with E-state index in [1.54, 1.807) is 26.0 Å². The summed E-state index contributed by atoms with van der Waals surface area (Å²) >= 11 is 1.37. The van der Waals surface area contributed by atoms with E-state index in [-0.39, 0.29) is 16.9 Å². The average molecular weight is 332 g/mol. The van der Waals surface area contributed by atoms with Gasteiger partial charge in [0.15, 0.2) is 0 Å². The van der Waals surface area contributed by atoms with E-state index < -0.39 is 5.97 Å². The van der Waals surface area contributed by atoms with Gasteiger partial charge in [-0.25, -0.2) is 9.78 Å². The van der Waals surface area contributed by atoms with Gasteiger partial charge in [-0.1, -0.05) is 26.8 Å². The predicted octanol–water partition coefficient (Wildman–Crippen LogP) is 4.01. The molecule has 0 atom stereocenters. The fourth-order valence-electron chi connectivity index (χ4n) is 2.05. The van der Waals surface area contributed by atoms with Crippen molar-refractivity contribution in [2.45, 2.75) is 40.0 Å². The van der Waals surface area contributed by atoms with E-state index in [0.29, 0.717) is 21.8 Å². The van der Waals surface area contributed by atoms with Gasteiger partial charge in [-0.05, 0) is 31.5 Å². The molecule has 1 aromatic heterocycles. The van der Waals surface area contributed by atoms with Crippen molar-refractivity contribution in [1.29, 1.82) is 0 Å². The second-order valence-electron chi connectivity index (χ2n) is 6.47. The van der Waals surface area contributed by atoms with Crippen molar-refractivity contribution in [2.24, 2.45) is 0 Å². The molecule has 5 nitrogen and oxygen atoms in total. The first-order valence-electron chi connectivity index (χ1n) is 7.23. The first-order valence-corrected chi connectivity index (χ1v) is 8.04. The molecule has 1 heterocycles. The van der Waals surface area contributed by atoms with Crippen molar-refractivity contribution >= 4 is 28.9 Å². The molecule has 1 amide bonds. The van der Waals surface area contributed by atoms with Crippen molar-refractivity contribution in [3.05, 3.63) is 44.9 Å². The van der Waals surface area contributed by atoms with Crippen LogP contribution in [0.1, 0.15) is 57.1 Å². The van der Waals surface area contributed by atoms with Gasteiger partial charge in [0.25, 0.3) is 5.91 Å². The Hall–Kier alpha value is -2.21.